The normalized spacial score (nSPS) is 22.1. The minimum Gasteiger partial charge on any atom is -0.326 e. The summed E-state index contributed by atoms with van der Waals surface area (Å²) in [6.07, 6.45) is 0.884. The molecule has 0 spiro atoms. The zero-order valence-corrected chi connectivity index (χ0v) is 15.7. The lowest BCUT2D eigenvalue weighted by molar-refractivity contribution is -0.121. The average Bonchev–Trinajstić information content (AvgIpc) is 2.67. The van der Waals surface area contributed by atoms with Crippen molar-refractivity contribution in [1.82, 2.24) is 0 Å². The van der Waals surface area contributed by atoms with Gasteiger partial charge in [0, 0.05) is 17.5 Å². The second-order valence-corrected chi connectivity index (χ2v) is 8.00. The Morgan fingerprint density at radius 2 is 1.33 bits per heavy atom. The fourth-order valence-corrected chi connectivity index (χ4v) is 5.18. The van der Waals surface area contributed by atoms with Crippen molar-refractivity contribution in [2.24, 2.45) is 5.92 Å². The maximum atomic E-state index is 13.3. The Hall–Kier alpha value is -2.87. The molecule has 0 saturated carbocycles. The highest BCUT2D eigenvalue weighted by molar-refractivity contribution is 5.94. The first-order valence-electron chi connectivity index (χ1n) is 9.68. The number of amides is 1. The number of fused-ring (bicyclic) bond motifs is 1. The van der Waals surface area contributed by atoms with Gasteiger partial charge in [-0.15, -0.1) is 0 Å². The molecular weight excluding hydrogens is 330 g/mol. The third-order valence-corrected chi connectivity index (χ3v) is 6.13. The molecule has 0 fully saturated rings. The summed E-state index contributed by atoms with van der Waals surface area (Å²) in [6, 6.07) is 23.5. The fraction of sp³-hybridized carbons (Fsp3) is 0.240. The predicted octanol–water partition coefficient (Wildman–Crippen LogP) is 5.54. The van der Waals surface area contributed by atoms with Crippen molar-refractivity contribution < 1.29 is 4.79 Å². The molecule has 6 rings (SSSR count). The van der Waals surface area contributed by atoms with Crippen LogP contribution in [-0.2, 0) is 4.79 Å². The van der Waals surface area contributed by atoms with Gasteiger partial charge in [-0.1, -0.05) is 54.6 Å². The quantitative estimate of drug-likeness (QED) is 0.644. The van der Waals surface area contributed by atoms with Gasteiger partial charge >= 0.3 is 0 Å². The molecular formula is C25H23NO. The maximum Gasteiger partial charge on any atom is 0.228 e. The summed E-state index contributed by atoms with van der Waals surface area (Å²) in [5.74, 6) is 0.574. The highest BCUT2D eigenvalue weighted by atomic mass is 16.1. The molecule has 2 heteroatoms. The van der Waals surface area contributed by atoms with Crippen LogP contribution in [0.2, 0.25) is 0 Å². The molecule has 0 radical (unpaired) electrons. The van der Waals surface area contributed by atoms with E-state index in [1.807, 2.05) is 12.1 Å². The minimum atomic E-state index is -0.0272. The number of hydrogen-bond acceptors (Lipinski definition) is 1. The Morgan fingerprint density at radius 1 is 0.815 bits per heavy atom. The first kappa shape index (κ1) is 16.3. The van der Waals surface area contributed by atoms with Gasteiger partial charge in [-0.2, -0.15) is 0 Å². The summed E-state index contributed by atoms with van der Waals surface area (Å²) in [5.41, 5.74) is 8.70. The molecule has 1 atom stereocenters. The fourth-order valence-electron chi connectivity index (χ4n) is 5.18. The topological polar surface area (TPSA) is 29.1 Å². The van der Waals surface area contributed by atoms with Crippen molar-refractivity contribution >= 4 is 11.6 Å². The Morgan fingerprint density at radius 3 is 1.89 bits per heavy atom. The van der Waals surface area contributed by atoms with Gasteiger partial charge in [-0.05, 0) is 65.8 Å². The summed E-state index contributed by atoms with van der Waals surface area (Å²) >= 11 is 0. The number of hydrogen-bond donors (Lipinski definition) is 1. The summed E-state index contributed by atoms with van der Waals surface area (Å²) < 4.78 is 0. The van der Waals surface area contributed by atoms with E-state index in [2.05, 4.69) is 73.8 Å². The lowest BCUT2D eigenvalue weighted by Crippen LogP contribution is -2.38. The number of nitrogens with one attached hydrogen (secondary N) is 1. The molecule has 3 aromatic rings. The molecule has 3 aromatic carbocycles. The zero-order valence-electron chi connectivity index (χ0n) is 15.7. The molecule has 27 heavy (non-hydrogen) atoms. The zero-order chi connectivity index (χ0) is 18.5. The summed E-state index contributed by atoms with van der Waals surface area (Å²) in [6.45, 7) is 4.13. The van der Waals surface area contributed by atoms with Crippen molar-refractivity contribution in [3.05, 3.63) is 100 Å². The van der Waals surface area contributed by atoms with Gasteiger partial charge in [-0.25, -0.2) is 0 Å². The molecule has 3 aliphatic carbocycles. The standard InChI is InChI=1S/C25H23NO/c1-15-11-16(2)13-17(12-15)26-25(27)23-14-22-18-7-3-5-9-20(18)24(23)21-10-6-4-8-19(21)22/h3-13,22-24H,14H2,1-2H3,(H,26,27)/t22?,23-,24?/m0/s1. The van der Waals surface area contributed by atoms with Crippen molar-refractivity contribution in [2.45, 2.75) is 32.1 Å². The van der Waals surface area contributed by atoms with E-state index in [1.165, 1.54) is 33.4 Å². The van der Waals surface area contributed by atoms with Crippen LogP contribution in [0, 0.1) is 19.8 Å². The Kier molecular flexibility index (Phi) is 3.68. The van der Waals surface area contributed by atoms with Crippen molar-refractivity contribution in [3.8, 4) is 0 Å². The Balaban J connectivity index is 1.54. The van der Waals surface area contributed by atoms with Crippen LogP contribution >= 0.6 is 0 Å². The minimum absolute atomic E-state index is 0.0272. The molecule has 2 nitrogen and oxygen atoms in total. The molecule has 0 saturated heterocycles. The molecule has 1 N–H and O–H groups in total. The van der Waals surface area contributed by atoms with Crippen LogP contribution < -0.4 is 5.32 Å². The first-order valence-corrected chi connectivity index (χ1v) is 9.68. The molecule has 134 valence electrons. The van der Waals surface area contributed by atoms with E-state index in [0.29, 0.717) is 5.92 Å². The second kappa shape index (κ2) is 6.09. The predicted molar refractivity (Wildman–Crippen MR) is 109 cm³/mol. The Bertz CT molecular complexity index is 984. The van der Waals surface area contributed by atoms with Gasteiger partial charge in [0.1, 0.15) is 0 Å². The Labute approximate surface area is 160 Å². The number of anilines is 1. The molecule has 3 aliphatic rings. The number of carbonyl (C=O) groups is 1. The molecule has 1 amide bonds. The van der Waals surface area contributed by atoms with Crippen LogP contribution in [0.25, 0.3) is 0 Å². The van der Waals surface area contributed by atoms with Gasteiger partial charge in [0.05, 0.1) is 5.92 Å². The lowest BCUT2D eigenvalue weighted by atomic mass is 9.59. The van der Waals surface area contributed by atoms with E-state index in [-0.39, 0.29) is 17.7 Å². The molecule has 0 aliphatic heterocycles. The van der Waals surface area contributed by atoms with Crippen LogP contribution in [-0.4, -0.2) is 5.91 Å². The second-order valence-electron chi connectivity index (χ2n) is 8.00. The van der Waals surface area contributed by atoms with E-state index in [9.17, 15) is 4.79 Å². The van der Waals surface area contributed by atoms with Crippen LogP contribution in [0.3, 0.4) is 0 Å². The number of aryl methyl sites for hydroxylation is 2. The SMILES string of the molecule is Cc1cc(C)cc(NC(=O)[C@H]2CC3c4ccccc4C2c2ccccc23)c1. The molecule has 0 aromatic heterocycles. The number of carbonyl (C=O) groups excluding carboxylic acids is 1. The highest BCUT2D eigenvalue weighted by Gasteiger charge is 2.45. The molecule has 0 unspecified atom stereocenters. The van der Waals surface area contributed by atoms with Crippen LogP contribution in [0.1, 0.15) is 51.6 Å². The summed E-state index contributed by atoms with van der Waals surface area (Å²) in [5, 5.41) is 3.20. The summed E-state index contributed by atoms with van der Waals surface area (Å²) in [4.78, 5) is 13.3. The highest BCUT2D eigenvalue weighted by Crippen LogP contribution is 2.55. The van der Waals surface area contributed by atoms with Crippen LogP contribution in [0.5, 0.6) is 0 Å². The van der Waals surface area contributed by atoms with Gasteiger partial charge in [-0.3, -0.25) is 4.79 Å². The first-order chi connectivity index (χ1) is 13.1. The van der Waals surface area contributed by atoms with Crippen molar-refractivity contribution in [1.29, 1.82) is 0 Å². The maximum absolute atomic E-state index is 13.3. The lowest BCUT2D eigenvalue weighted by Gasteiger charge is -2.44. The van der Waals surface area contributed by atoms with Gasteiger partial charge in [0.15, 0.2) is 0 Å². The number of benzene rings is 3. The van der Waals surface area contributed by atoms with E-state index >= 15 is 0 Å². The van der Waals surface area contributed by atoms with Gasteiger partial charge < -0.3 is 5.32 Å². The molecule has 0 heterocycles. The number of rotatable bonds is 2. The van der Waals surface area contributed by atoms with Crippen molar-refractivity contribution in [2.75, 3.05) is 5.32 Å². The van der Waals surface area contributed by atoms with E-state index < -0.39 is 0 Å². The third-order valence-electron chi connectivity index (χ3n) is 6.13. The molecule has 2 bridgehead atoms. The average molecular weight is 353 g/mol. The smallest absolute Gasteiger partial charge is 0.228 e. The van der Waals surface area contributed by atoms with Gasteiger partial charge in [0.25, 0.3) is 0 Å². The van der Waals surface area contributed by atoms with Crippen LogP contribution in [0.15, 0.2) is 66.7 Å². The van der Waals surface area contributed by atoms with Crippen LogP contribution in [0.4, 0.5) is 5.69 Å². The van der Waals surface area contributed by atoms with E-state index in [4.69, 9.17) is 0 Å². The summed E-state index contributed by atoms with van der Waals surface area (Å²) in [7, 11) is 0. The largest absolute Gasteiger partial charge is 0.326 e. The monoisotopic (exact) mass is 353 g/mol. The van der Waals surface area contributed by atoms with E-state index in [0.717, 1.165) is 12.1 Å². The third kappa shape index (κ3) is 2.59. The van der Waals surface area contributed by atoms with Gasteiger partial charge in [0.2, 0.25) is 5.91 Å². The van der Waals surface area contributed by atoms with E-state index in [1.54, 1.807) is 0 Å². The van der Waals surface area contributed by atoms with Crippen molar-refractivity contribution in [3.63, 3.8) is 0 Å².